The van der Waals surface area contributed by atoms with Crippen LogP contribution in [-0.4, -0.2) is 25.3 Å². The summed E-state index contributed by atoms with van der Waals surface area (Å²) in [7, 11) is 0. The normalized spacial score (nSPS) is 11.7. The molecule has 3 N–H and O–H groups in total. The SMILES string of the molecule is CC(C)c1ccc(-c2ccc(O)c(-c3nc4cc5c[nH][nH]c5cc4n3)c2)cc1. The molecule has 0 spiro atoms. The molecule has 0 amide bonds. The van der Waals surface area contributed by atoms with Gasteiger partial charge < -0.3 is 15.3 Å². The summed E-state index contributed by atoms with van der Waals surface area (Å²) in [6.45, 7) is 4.37. The van der Waals surface area contributed by atoms with E-state index >= 15 is 0 Å². The number of phenolic OH excluding ortho intramolecular Hbond substituents is 1. The number of fused-ring (bicyclic) bond motifs is 2. The van der Waals surface area contributed by atoms with E-state index in [4.69, 9.17) is 0 Å². The van der Waals surface area contributed by atoms with Gasteiger partial charge in [0, 0.05) is 11.6 Å². The Balaban J connectivity index is 1.59. The van der Waals surface area contributed by atoms with Gasteiger partial charge in [0.05, 0.1) is 22.1 Å². The zero-order valence-electron chi connectivity index (χ0n) is 15.7. The zero-order valence-corrected chi connectivity index (χ0v) is 15.7. The van der Waals surface area contributed by atoms with Crippen LogP contribution in [0.1, 0.15) is 25.3 Å². The standard InChI is InChI=1S/C23H20N4O/c1-13(2)14-3-5-15(6-4-14)16-7-8-22(28)18(9-16)23-25-20-10-17-12-24-27-19(17)11-21(20)26-23/h3-13,24,27-28H,1-2H3. The van der Waals surface area contributed by atoms with Gasteiger partial charge in [-0.15, -0.1) is 0 Å². The summed E-state index contributed by atoms with van der Waals surface area (Å²) in [6.07, 6.45) is 1.89. The van der Waals surface area contributed by atoms with Crippen molar-refractivity contribution in [2.24, 2.45) is 0 Å². The summed E-state index contributed by atoms with van der Waals surface area (Å²) in [6, 6.07) is 18.1. The highest BCUT2D eigenvalue weighted by molar-refractivity contribution is 5.94. The summed E-state index contributed by atoms with van der Waals surface area (Å²) in [4.78, 5) is 9.29. The molecule has 0 fully saturated rings. The van der Waals surface area contributed by atoms with Gasteiger partial charge in [0.15, 0.2) is 5.82 Å². The quantitative estimate of drug-likeness (QED) is 0.388. The van der Waals surface area contributed by atoms with Crippen LogP contribution in [0.3, 0.4) is 0 Å². The van der Waals surface area contributed by atoms with Gasteiger partial charge in [-0.3, -0.25) is 0 Å². The molecule has 0 bridgehead atoms. The van der Waals surface area contributed by atoms with E-state index in [-0.39, 0.29) is 5.75 Å². The topological polar surface area (TPSA) is 77.6 Å². The Morgan fingerprint density at radius 2 is 1.57 bits per heavy atom. The zero-order chi connectivity index (χ0) is 19.3. The number of hydrogen-bond donors (Lipinski definition) is 3. The molecule has 0 atom stereocenters. The van der Waals surface area contributed by atoms with Gasteiger partial charge in [-0.2, -0.15) is 0 Å². The van der Waals surface area contributed by atoms with Gasteiger partial charge in [0.25, 0.3) is 0 Å². The first kappa shape index (κ1) is 16.6. The van der Waals surface area contributed by atoms with Crippen LogP contribution in [0.2, 0.25) is 0 Å². The van der Waals surface area contributed by atoms with Gasteiger partial charge in [0.1, 0.15) is 5.75 Å². The van der Waals surface area contributed by atoms with Gasteiger partial charge in [-0.25, -0.2) is 9.97 Å². The lowest BCUT2D eigenvalue weighted by atomic mass is 9.97. The highest BCUT2D eigenvalue weighted by Gasteiger charge is 2.14. The van der Waals surface area contributed by atoms with Gasteiger partial charge in [0.2, 0.25) is 0 Å². The van der Waals surface area contributed by atoms with Crippen molar-refractivity contribution in [1.29, 1.82) is 0 Å². The lowest BCUT2D eigenvalue weighted by molar-refractivity contribution is 0.477. The molecule has 2 aromatic heterocycles. The Morgan fingerprint density at radius 1 is 0.857 bits per heavy atom. The number of H-pyrrole nitrogens is 2. The van der Waals surface area contributed by atoms with Gasteiger partial charge >= 0.3 is 0 Å². The maximum absolute atomic E-state index is 10.4. The lowest BCUT2D eigenvalue weighted by Gasteiger charge is -2.09. The monoisotopic (exact) mass is 368 g/mol. The molecule has 2 heterocycles. The van der Waals surface area contributed by atoms with Crippen molar-refractivity contribution in [3.05, 3.63) is 66.4 Å². The number of aromatic amines is 2. The fraction of sp³-hybridized carbons (Fsp3) is 0.130. The van der Waals surface area contributed by atoms with Gasteiger partial charge in [-0.1, -0.05) is 44.2 Å². The number of nitrogens with zero attached hydrogens (tertiary/aromatic N) is 2. The molecule has 28 heavy (non-hydrogen) atoms. The number of nitrogens with one attached hydrogen (secondary N) is 2. The maximum Gasteiger partial charge on any atom is 0.164 e. The predicted molar refractivity (Wildman–Crippen MR) is 112 cm³/mol. The van der Waals surface area contributed by atoms with Crippen LogP contribution in [0, 0.1) is 0 Å². The Morgan fingerprint density at radius 3 is 2.32 bits per heavy atom. The van der Waals surface area contributed by atoms with Crippen molar-refractivity contribution in [3.8, 4) is 28.3 Å². The summed E-state index contributed by atoms with van der Waals surface area (Å²) >= 11 is 0. The molecule has 5 aromatic rings. The third-order valence-electron chi connectivity index (χ3n) is 5.18. The van der Waals surface area contributed by atoms with E-state index in [0.29, 0.717) is 17.3 Å². The minimum atomic E-state index is 0.178. The van der Waals surface area contributed by atoms with Crippen molar-refractivity contribution >= 4 is 21.9 Å². The molecule has 0 aliphatic carbocycles. The average Bonchev–Trinajstić information content (AvgIpc) is 3.32. The minimum absolute atomic E-state index is 0.178. The number of imidazole rings is 1. The Bertz CT molecular complexity index is 1250. The Kier molecular flexibility index (Phi) is 3.69. The van der Waals surface area contributed by atoms with E-state index in [9.17, 15) is 5.11 Å². The van der Waals surface area contributed by atoms with Crippen molar-refractivity contribution in [3.63, 3.8) is 0 Å². The van der Waals surface area contributed by atoms with Crippen molar-refractivity contribution < 1.29 is 5.11 Å². The molecule has 0 saturated carbocycles. The molecule has 5 nitrogen and oxygen atoms in total. The van der Waals surface area contributed by atoms with E-state index in [2.05, 4.69) is 58.3 Å². The van der Waals surface area contributed by atoms with Crippen molar-refractivity contribution in [2.75, 3.05) is 0 Å². The first-order valence-electron chi connectivity index (χ1n) is 9.35. The Hall–Kier alpha value is -3.60. The van der Waals surface area contributed by atoms with Gasteiger partial charge in [-0.05, 0) is 46.9 Å². The molecule has 5 rings (SSSR count). The number of hydrogen-bond acceptors (Lipinski definition) is 3. The van der Waals surface area contributed by atoms with E-state index in [1.165, 1.54) is 5.56 Å². The second-order valence-corrected chi connectivity index (χ2v) is 7.40. The number of rotatable bonds is 3. The third kappa shape index (κ3) is 2.72. The third-order valence-corrected chi connectivity index (χ3v) is 5.18. The Labute approximate surface area is 162 Å². The van der Waals surface area contributed by atoms with Crippen LogP contribution >= 0.6 is 0 Å². The minimum Gasteiger partial charge on any atom is -0.507 e. The molecule has 0 saturated heterocycles. The van der Waals surface area contributed by atoms with E-state index < -0.39 is 0 Å². The molecule has 0 radical (unpaired) electrons. The maximum atomic E-state index is 10.4. The fourth-order valence-corrected chi connectivity index (χ4v) is 3.52. The van der Waals surface area contributed by atoms with E-state index in [1.807, 2.05) is 30.5 Å². The predicted octanol–water partition coefficient (Wildman–Crippen LogP) is 5.60. The van der Waals surface area contributed by atoms with Crippen LogP contribution in [0.25, 0.3) is 44.5 Å². The number of benzene rings is 3. The molecular formula is C23H20N4O. The first-order chi connectivity index (χ1) is 13.6. The van der Waals surface area contributed by atoms with Crippen LogP contribution < -0.4 is 0 Å². The molecule has 0 unspecified atom stereocenters. The molecule has 5 heteroatoms. The van der Waals surface area contributed by atoms with Crippen LogP contribution in [-0.2, 0) is 0 Å². The summed E-state index contributed by atoms with van der Waals surface area (Å²) < 4.78 is 0. The first-order valence-corrected chi connectivity index (χ1v) is 9.35. The van der Waals surface area contributed by atoms with Crippen LogP contribution in [0.5, 0.6) is 5.75 Å². The largest absolute Gasteiger partial charge is 0.507 e. The average molecular weight is 368 g/mol. The molecular weight excluding hydrogens is 348 g/mol. The number of aromatic hydroxyl groups is 1. The number of aromatic nitrogens is 4. The highest BCUT2D eigenvalue weighted by atomic mass is 16.3. The van der Waals surface area contributed by atoms with E-state index in [0.717, 1.165) is 33.1 Å². The fourth-order valence-electron chi connectivity index (χ4n) is 3.52. The molecule has 3 aromatic carbocycles. The summed E-state index contributed by atoms with van der Waals surface area (Å²) in [5, 5.41) is 17.5. The van der Waals surface area contributed by atoms with Crippen LogP contribution in [0.15, 0.2) is 60.8 Å². The second-order valence-electron chi connectivity index (χ2n) is 7.40. The molecule has 0 aliphatic rings. The summed E-state index contributed by atoms with van der Waals surface area (Å²) in [5.41, 5.74) is 6.65. The summed E-state index contributed by atoms with van der Waals surface area (Å²) in [5.74, 6) is 1.21. The lowest BCUT2D eigenvalue weighted by Crippen LogP contribution is -1.88. The second kappa shape index (κ2) is 6.23. The smallest absolute Gasteiger partial charge is 0.164 e. The van der Waals surface area contributed by atoms with E-state index in [1.54, 1.807) is 6.07 Å². The highest BCUT2D eigenvalue weighted by Crippen LogP contribution is 2.34. The van der Waals surface area contributed by atoms with Crippen molar-refractivity contribution in [2.45, 2.75) is 19.8 Å². The van der Waals surface area contributed by atoms with Crippen LogP contribution in [0.4, 0.5) is 0 Å². The van der Waals surface area contributed by atoms with Crippen molar-refractivity contribution in [1.82, 2.24) is 20.2 Å². The molecule has 138 valence electrons. The number of phenols is 1. The molecule has 0 aliphatic heterocycles.